The number of likely N-dealkylation sites (tertiary alicyclic amines) is 1. The van der Waals surface area contributed by atoms with Crippen LogP contribution in [0.4, 0.5) is 0 Å². The minimum Gasteiger partial charge on any atom is -0.316 e. The molecule has 0 amide bonds. The van der Waals surface area contributed by atoms with E-state index in [-0.39, 0.29) is 5.41 Å². The second kappa shape index (κ2) is 7.87. The highest BCUT2D eigenvalue weighted by atomic mass is 15.1. The summed E-state index contributed by atoms with van der Waals surface area (Å²) in [5, 5.41) is 12.6. The van der Waals surface area contributed by atoms with E-state index in [1.165, 1.54) is 25.9 Å². The molecule has 1 fully saturated rings. The van der Waals surface area contributed by atoms with E-state index in [9.17, 15) is 0 Å². The van der Waals surface area contributed by atoms with Crippen molar-refractivity contribution in [3.05, 3.63) is 0 Å². The first kappa shape index (κ1) is 16.5. The van der Waals surface area contributed by atoms with Gasteiger partial charge in [0.15, 0.2) is 0 Å². The first-order valence-corrected chi connectivity index (χ1v) is 7.77. The van der Waals surface area contributed by atoms with Crippen LogP contribution in [0.25, 0.3) is 0 Å². The van der Waals surface area contributed by atoms with Crippen molar-refractivity contribution < 1.29 is 0 Å². The lowest BCUT2D eigenvalue weighted by molar-refractivity contribution is 0.158. The zero-order valence-electron chi connectivity index (χ0n) is 13.2. The van der Waals surface area contributed by atoms with Gasteiger partial charge in [0.1, 0.15) is 0 Å². The van der Waals surface area contributed by atoms with Gasteiger partial charge in [0.25, 0.3) is 0 Å². The molecule has 3 heteroatoms. The Balaban J connectivity index is 2.24. The molecule has 1 saturated heterocycles. The molecule has 0 aromatic rings. The molecule has 0 saturated carbocycles. The lowest BCUT2D eigenvalue weighted by Gasteiger charge is -2.34. The van der Waals surface area contributed by atoms with Gasteiger partial charge in [0.2, 0.25) is 0 Å². The van der Waals surface area contributed by atoms with E-state index < -0.39 is 0 Å². The molecule has 0 spiro atoms. The second-order valence-electron chi connectivity index (χ2n) is 7.11. The van der Waals surface area contributed by atoms with Crippen LogP contribution < -0.4 is 5.32 Å². The second-order valence-corrected chi connectivity index (χ2v) is 7.11. The van der Waals surface area contributed by atoms with Crippen molar-refractivity contribution in [3.63, 3.8) is 0 Å². The Morgan fingerprint density at radius 1 is 1.42 bits per heavy atom. The van der Waals surface area contributed by atoms with Crippen LogP contribution in [-0.4, -0.2) is 37.6 Å². The number of nitrogens with zero attached hydrogens (tertiary/aromatic N) is 2. The Morgan fingerprint density at radius 2 is 2.16 bits per heavy atom. The molecular formula is C16H31N3. The van der Waals surface area contributed by atoms with Crippen LogP contribution in [0.3, 0.4) is 0 Å². The molecule has 0 radical (unpaired) electrons. The maximum atomic E-state index is 9.07. The van der Waals surface area contributed by atoms with Crippen molar-refractivity contribution in [1.82, 2.24) is 10.2 Å². The number of hydrogen-bond acceptors (Lipinski definition) is 3. The summed E-state index contributed by atoms with van der Waals surface area (Å²) in [6.45, 7) is 14.3. The molecule has 1 N–H and O–H groups in total. The average Bonchev–Trinajstić information content (AvgIpc) is 2.37. The molecule has 0 aromatic carbocycles. The zero-order valence-corrected chi connectivity index (χ0v) is 13.2. The minimum absolute atomic E-state index is 0.178. The summed E-state index contributed by atoms with van der Waals surface area (Å²) in [7, 11) is 0. The van der Waals surface area contributed by atoms with E-state index in [0.29, 0.717) is 0 Å². The Kier molecular flexibility index (Phi) is 6.82. The van der Waals surface area contributed by atoms with E-state index >= 15 is 0 Å². The SMILES string of the molecule is CC(C)CNCC1CCCN(CCC(C)(C)C#N)C1. The molecule has 0 aromatic heterocycles. The predicted molar refractivity (Wildman–Crippen MR) is 80.9 cm³/mol. The van der Waals surface area contributed by atoms with E-state index in [1.807, 2.05) is 13.8 Å². The fraction of sp³-hybridized carbons (Fsp3) is 0.938. The zero-order chi connectivity index (χ0) is 14.3. The van der Waals surface area contributed by atoms with Gasteiger partial charge in [-0.05, 0) is 71.1 Å². The van der Waals surface area contributed by atoms with Crippen LogP contribution in [0.5, 0.6) is 0 Å². The topological polar surface area (TPSA) is 39.1 Å². The van der Waals surface area contributed by atoms with Crippen molar-refractivity contribution in [1.29, 1.82) is 5.26 Å². The van der Waals surface area contributed by atoms with E-state index in [2.05, 4.69) is 30.1 Å². The lowest BCUT2D eigenvalue weighted by atomic mass is 9.90. The highest BCUT2D eigenvalue weighted by Gasteiger charge is 2.23. The molecular weight excluding hydrogens is 234 g/mol. The fourth-order valence-electron chi connectivity index (χ4n) is 2.59. The van der Waals surface area contributed by atoms with Gasteiger partial charge in [-0.15, -0.1) is 0 Å². The lowest BCUT2D eigenvalue weighted by Crippen LogP contribution is -2.41. The number of nitriles is 1. The van der Waals surface area contributed by atoms with Gasteiger partial charge in [-0.1, -0.05) is 13.8 Å². The molecule has 3 nitrogen and oxygen atoms in total. The van der Waals surface area contributed by atoms with E-state index in [1.54, 1.807) is 0 Å². The minimum atomic E-state index is -0.178. The fourth-order valence-corrected chi connectivity index (χ4v) is 2.59. The Bertz CT molecular complexity index is 291. The molecule has 1 rings (SSSR count). The number of hydrogen-bond donors (Lipinski definition) is 1. The molecule has 110 valence electrons. The third-order valence-corrected chi connectivity index (χ3v) is 3.94. The van der Waals surface area contributed by atoms with Gasteiger partial charge in [-0.25, -0.2) is 0 Å². The third kappa shape index (κ3) is 6.94. The molecule has 1 aliphatic rings. The normalized spacial score (nSPS) is 21.6. The first-order chi connectivity index (χ1) is 8.93. The maximum Gasteiger partial charge on any atom is 0.0684 e. The molecule has 19 heavy (non-hydrogen) atoms. The summed E-state index contributed by atoms with van der Waals surface area (Å²) in [4.78, 5) is 2.55. The van der Waals surface area contributed by atoms with Gasteiger partial charge < -0.3 is 10.2 Å². The monoisotopic (exact) mass is 265 g/mol. The first-order valence-electron chi connectivity index (χ1n) is 7.77. The molecule has 1 aliphatic heterocycles. The van der Waals surface area contributed by atoms with Gasteiger partial charge in [-0.2, -0.15) is 5.26 Å². The van der Waals surface area contributed by atoms with Gasteiger partial charge in [0.05, 0.1) is 11.5 Å². The average molecular weight is 265 g/mol. The van der Waals surface area contributed by atoms with Crippen LogP contribution in [0.15, 0.2) is 0 Å². The van der Waals surface area contributed by atoms with Crippen LogP contribution in [-0.2, 0) is 0 Å². The predicted octanol–water partition coefficient (Wildman–Crippen LogP) is 2.88. The Hall–Kier alpha value is -0.590. The summed E-state index contributed by atoms with van der Waals surface area (Å²) in [5.41, 5.74) is -0.178. The van der Waals surface area contributed by atoms with Crippen LogP contribution >= 0.6 is 0 Å². The van der Waals surface area contributed by atoms with E-state index in [4.69, 9.17) is 5.26 Å². The van der Waals surface area contributed by atoms with Crippen molar-refractivity contribution in [2.45, 2.75) is 47.0 Å². The number of nitrogens with one attached hydrogen (secondary N) is 1. The summed E-state index contributed by atoms with van der Waals surface area (Å²) >= 11 is 0. The van der Waals surface area contributed by atoms with Crippen LogP contribution in [0, 0.1) is 28.6 Å². The molecule has 0 aliphatic carbocycles. The maximum absolute atomic E-state index is 9.07. The smallest absolute Gasteiger partial charge is 0.0684 e. The van der Waals surface area contributed by atoms with Crippen molar-refractivity contribution in [2.24, 2.45) is 17.3 Å². The summed E-state index contributed by atoms with van der Waals surface area (Å²) in [5.74, 6) is 1.52. The van der Waals surface area contributed by atoms with E-state index in [0.717, 1.165) is 37.9 Å². The van der Waals surface area contributed by atoms with Crippen LogP contribution in [0.2, 0.25) is 0 Å². The van der Waals surface area contributed by atoms with Gasteiger partial charge in [0, 0.05) is 6.54 Å². The highest BCUT2D eigenvalue weighted by molar-refractivity contribution is 4.92. The third-order valence-electron chi connectivity index (χ3n) is 3.94. The molecule has 1 atom stereocenters. The van der Waals surface area contributed by atoms with Crippen molar-refractivity contribution >= 4 is 0 Å². The Morgan fingerprint density at radius 3 is 2.79 bits per heavy atom. The number of piperidine rings is 1. The van der Waals surface area contributed by atoms with Gasteiger partial charge >= 0.3 is 0 Å². The largest absolute Gasteiger partial charge is 0.316 e. The molecule has 0 bridgehead atoms. The summed E-state index contributed by atoms with van der Waals surface area (Å²) < 4.78 is 0. The summed E-state index contributed by atoms with van der Waals surface area (Å²) in [6, 6.07) is 2.40. The quantitative estimate of drug-likeness (QED) is 0.769. The highest BCUT2D eigenvalue weighted by Crippen LogP contribution is 2.22. The standard InChI is InChI=1S/C16H31N3/c1-14(2)10-18-11-15-6-5-8-19(12-15)9-7-16(3,4)13-17/h14-15,18H,5-12H2,1-4H3. The number of rotatable bonds is 7. The molecule has 1 unspecified atom stereocenters. The van der Waals surface area contributed by atoms with Crippen LogP contribution in [0.1, 0.15) is 47.0 Å². The summed E-state index contributed by atoms with van der Waals surface area (Å²) in [6.07, 6.45) is 3.64. The van der Waals surface area contributed by atoms with Gasteiger partial charge in [-0.3, -0.25) is 0 Å². The Labute approximate surface area is 119 Å². The molecule has 1 heterocycles. The van der Waals surface area contributed by atoms with Crippen molar-refractivity contribution in [2.75, 3.05) is 32.7 Å². The van der Waals surface area contributed by atoms with Crippen molar-refractivity contribution in [3.8, 4) is 6.07 Å².